The SMILES string of the molecule is CN1CCC(N)CC1=C=O. The molecule has 1 atom stereocenters. The van der Waals surface area contributed by atoms with Crippen LogP contribution in [0.2, 0.25) is 0 Å². The number of nitrogens with zero attached hydrogens (tertiary/aromatic N) is 1. The van der Waals surface area contributed by atoms with E-state index in [0.717, 1.165) is 13.0 Å². The molecule has 0 radical (unpaired) electrons. The van der Waals surface area contributed by atoms with Crippen LogP contribution in [0.15, 0.2) is 5.70 Å². The Morgan fingerprint density at radius 3 is 3.00 bits per heavy atom. The van der Waals surface area contributed by atoms with Gasteiger partial charge >= 0.3 is 0 Å². The van der Waals surface area contributed by atoms with E-state index in [1.54, 1.807) is 0 Å². The lowest BCUT2D eigenvalue weighted by molar-refractivity contribution is 0.322. The van der Waals surface area contributed by atoms with Crippen molar-refractivity contribution < 1.29 is 4.79 Å². The molecule has 1 fully saturated rings. The van der Waals surface area contributed by atoms with Crippen LogP contribution in [0.5, 0.6) is 0 Å². The number of likely N-dealkylation sites (tertiary alicyclic amines) is 1. The van der Waals surface area contributed by atoms with Crippen molar-refractivity contribution >= 4 is 5.94 Å². The Hall–Kier alpha value is -0.790. The summed E-state index contributed by atoms with van der Waals surface area (Å²) in [6.07, 6.45) is 1.65. The predicted octanol–water partition coefficient (Wildman–Crippen LogP) is -0.245. The first-order valence-corrected chi connectivity index (χ1v) is 3.44. The van der Waals surface area contributed by atoms with Gasteiger partial charge in [0, 0.05) is 26.1 Å². The van der Waals surface area contributed by atoms with Crippen LogP contribution in [0.1, 0.15) is 12.8 Å². The summed E-state index contributed by atoms with van der Waals surface area (Å²) in [5, 5.41) is 0. The highest BCUT2D eigenvalue weighted by Gasteiger charge is 2.17. The Morgan fingerprint density at radius 1 is 1.80 bits per heavy atom. The Kier molecular flexibility index (Phi) is 2.10. The molecule has 0 aromatic rings. The zero-order chi connectivity index (χ0) is 7.56. The number of hydrogen-bond acceptors (Lipinski definition) is 3. The van der Waals surface area contributed by atoms with Crippen molar-refractivity contribution in [3.05, 3.63) is 5.70 Å². The van der Waals surface area contributed by atoms with Crippen LogP contribution in [0.3, 0.4) is 0 Å². The molecule has 56 valence electrons. The molecular formula is C7H12N2O. The van der Waals surface area contributed by atoms with Gasteiger partial charge in [-0.1, -0.05) is 0 Å². The average Bonchev–Trinajstić information content (AvgIpc) is 1.94. The van der Waals surface area contributed by atoms with E-state index in [1.165, 1.54) is 0 Å². The average molecular weight is 140 g/mol. The van der Waals surface area contributed by atoms with E-state index in [0.29, 0.717) is 12.1 Å². The Bertz CT molecular complexity index is 172. The summed E-state index contributed by atoms with van der Waals surface area (Å²) in [6, 6.07) is 0.160. The molecule has 0 amide bonds. The molecule has 3 heteroatoms. The van der Waals surface area contributed by atoms with Gasteiger partial charge in [-0.3, -0.25) is 0 Å². The first-order valence-electron chi connectivity index (χ1n) is 3.44. The quantitative estimate of drug-likeness (QED) is 0.472. The molecule has 1 unspecified atom stereocenters. The summed E-state index contributed by atoms with van der Waals surface area (Å²) in [7, 11) is 1.89. The van der Waals surface area contributed by atoms with Crippen LogP contribution in [0.25, 0.3) is 0 Å². The van der Waals surface area contributed by atoms with Crippen molar-refractivity contribution in [1.82, 2.24) is 4.90 Å². The maximum absolute atomic E-state index is 10.3. The largest absolute Gasteiger partial charge is 0.369 e. The molecule has 1 rings (SSSR count). The minimum absolute atomic E-state index is 0.160. The van der Waals surface area contributed by atoms with Gasteiger partial charge in [0.1, 0.15) is 11.6 Å². The van der Waals surface area contributed by atoms with Gasteiger partial charge in [-0.2, -0.15) is 0 Å². The van der Waals surface area contributed by atoms with Crippen molar-refractivity contribution in [1.29, 1.82) is 0 Å². The molecule has 10 heavy (non-hydrogen) atoms. The van der Waals surface area contributed by atoms with Crippen LogP contribution in [0, 0.1) is 0 Å². The summed E-state index contributed by atoms with van der Waals surface area (Å²) < 4.78 is 0. The van der Waals surface area contributed by atoms with Crippen LogP contribution in [0.4, 0.5) is 0 Å². The van der Waals surface area contributed by atoms with Gasteiger partial charge in [0.2, 0.25) is 0 Å². The molecule has 1 aliphatic rings. The molecule has 2 N–H and O–H groups in total. The number of piperidine rings is 1. The third kappa shape index (κ3) is 1.38. The van der Waals surface area contributed by atoms with Crippen molar-refractivity contribution in [2.75, 3.05) is 13.6 Å². The highest BCUT2D eigenvalue weighted by atomic mass is 16.1. The van der Waals surface area contributed by atoms with Gasteiger partial charge in [0.25, 0.3) is 0 Å². The molecule has 3 nitrogen and oxygen atoms in total. The molecular weight excluding hydrogens is 128 g/mol. The van der Waals surface area contributed by atoms with E-state index in [1.807, 2.05) is 17.9 Å². The monoisotopic (exact) mass is 140 g/mol. The molecule has 0 spiro atoms. The second kappa shape index (κ2) is 2.86. The summed E-state index contributed by atoms with van der Waals surface area (Å²) >= 11 is 0. The van der Waals surface area contributed by atoms with Crippen LogP contribution >= 0.6 is 0 Å². The Morgan fingerprint density at radius 2 is 2.50 bits per heavy atom. The molecule has 1 aliphatic heterocycles. The fraction of sp³-hybridized carbons (Fsp3) is 0.714. The lowest BCUT2D eigenvalue weighted by atomic mass is 10.0. The summed E-state index contributed by atoms with van der Waals surface area (Å²) in [6.45, 7) is 0.881. The molecule has 0 bridgehead atoms. The van der Waals surface area contributed by atoms with Gasteiger partial charge in [0.15, 0.2) is 0 Å². The van der Waals surface area contributed by atoms with Crippen molar-refractivity contribution in [3.8, 4) is 0 Å². The second-order valence-electron chi connectivity index (χ2n) is 2.72. The normalized spacial score (nSPS) is 26.4. The van der Waals surface area contributed by atoms with Gasteiger partial charge < -0.3 is 10.6 Å². The first-order chi connectivity index (χ1) is 4.74. The zero-order valence-corrected chi connectivity index (χ0v) is 6.13. The molecule has 0 aromatic heterocycles. The minimum Gasteiger partial charge on any atom is -0.369 e. The van der Waals surface area contributed by atoms with Gasteiger partial charge in [-0.05, 0) is 6.42 Å². The van der Waals surface area contributed by atoms with Crippen LogP contribution < -0.4 is 5.73 Å². The summed E-state index contributed by atoms with van der Waals surface area (Å²) in [5.41, 5.74) is 6.34. The molecule has 1 heterocycles. The van der Waals surface area contributed by atoms with Crippen molar-refractivity contribution in [2.45, 2.75) is 18.9 Å². The lowest BCUT2D eigenvalue weighted by Gasteiger charge is -2.28. The van der Waals surface area contributed by atoms with E-state index < -0.39 is 0 Å². The van der Waals surface area contributed by atoms with E-state index in [4.69, 9.17) is 5.73 Å². The Balaban J connectivity index is 2.63. The van der Waals surface area contributed by atoms with E-state index in [9.17, 15) is 4.79 Å². The summed E-state index contributed by atoms with van der Waals surface area (Å²) in [4.78, 5) is 12.2. The number of nitrogens with two attached hydrogens (primary N) is 1. The standard InChI is InChI=1S/C7H12N2O/c1-9-3-2-6(8)4-7(9)5-10/h6H,2-4,8H2,1H3. The maximum Gasteiger partial charge on any atom is 0.145 e. The fourth-order valence-corrected chi connectivity index (χ4v) is 1.12. The fourth-order valence-electron chi connectivity index (χ4n) is 1.12. The smallest absolute Gasteiger partial charge is 0.145 e. The predicted molar refractivity (Wildman–Crippen MR) is 39.0 cm³/mol. The lowest BCUT2D eigenvalue weighted by Crippen LogP contribution is -2.36. The van der Waals surface area contributed by atoms with Crippen LogP contribution in [-0.4, -0.2) is 30.5 Å². The zero-order valence-electron chi connectivity index (χ0n) is 6.13. The first kappa shape index (κ1) is 7.32. The number of carbonyl (C=O) groups excluding carboxylic acids is 1. The summed E-state index contributed by atoms with van der Waals surface area (Å²) in [5.74, 6) is 1.90. The van der Waals surface area contributed by atoms with Crippen molar-refractivity contribution in [3.63, 3.8) is 0 Å². The third-order valence-electron chi connectivity index (χ3n) is 1.87. The minimum atomic E-state index is 0.160. The Labute approximate surface area is 60.5 Å². The number of hydrogen-bond donors (Lipinski definition) is 1. The third-order valence-corrected chi connectivity index (χ3v) is 1.87. The van der Waals surface area contributed by atoms with E-state index in [-0.39, 0.29) is 6.04 Å². The van der Waals surface area contributed by atoms with Crippen LogP contribution in [-0.2, 0) is 4.79 Å². The highest BCUT2D eigenvalue weighted by molar-refractivity contribution is 5.52. The molecule has 0 saturated carbocycles. The van der Waals surface area contributed by atoms with E-state index >= 15 is 0 Å². The second-order valence-corrected chi connectivity index (χ2v) is 2.72. The molecule has 1 saturated heterocycles. The maximum atomic E-state index is 10.3. The van der Waals surface area contributed by atoms with Crippen molar-refractivity contribution in [2.24, 2.45) is 5.73 Å². The van der Waals surface area contributed by atoms with Gasteiger partial charge in [-0.15, -0.1) is 0 Å². The molecule has 0 aromatic carbocycles. The highest BCUT2D eigenvalue weighted by Crippen LogP contribution is 2.14. The van der Waals surface area contributed by atoms with E-state index in [2.05, 4.69) is 0 Å². The number of rotatable bonds is 0. The molecule has 0 aliphatic carbocycles. The van der Waals surface area contributed by atoms with Gasteiger partial charge in [0.05, 0.1) is 0 Å². The topological polar surface area (TPSA) is 46.3 Å². The van der Waals surface area contributed by atoms with Gasteiger partial charge in [-0.25, -0.2) is 4.79 Å².